The van der Waals surface area contributed by atoms with Gasteiger partial charge in [-0.1, -0.05) is 12.1 Å². The number of likely N-dealkylation sites (tertiary alicyclic amines) is 1. The van der Waals surface area contributed by atoms with E-state index in [0.29, 0.717) is 25.3 Å². The summed E-state index contributed by atoms with van der Waals surface area (Å²) in [6.45, 7) is 1.48. The number of carbonyl (C=O) groups is 1. The van der Waals surface area contributed by atoms with Gasteiger partial charge in [-0.3, -0.25) is 19.0 Å². The number of fused-ring (bicyclic) bond motifs is 1. The molecule has 4 rings (SSSR count). The molecule has 0 aliphatic carbocycles. The molecule has 0 bridgehead atoms. The van der Waals surface area contributed by atoms with Crippen LogP contribution in [0.1, 0.15) is 28.9 Å². The van der Waals surface area contributed by atoms with Gasteiger partial charge < -0.3 is 9.64 Å². The van der Waals surface area contributed by atoms with Gasteiger partial charge >= 0.3 is 0 Å². The lowest BCUT2D eigenvalue weighted by Crippen LogP contribution is -2.45. The molecular formula is C20H20N4O3. The third-order valence-electron chi connectivity index (χ3n) is 4.70. The first-order valence-electron chi connectivity index (χ1n) is 8.99. The number of ether oxygens (including phenoxy) is 1. The fourth-order valence-electron chi connectivity index (χ4n) is 3.29. The van der Waals surface area contributed by atoms with Crippen molar-refractivity contribution in [2.24, 2.45) is 0 Å². The highest BCUT2D eigenvalue weighted by Gasteiger charge is 2.27. The highest BCUT2D eigenvalue weighted by molar-refractivity contribution is 5.93. The molecule has 7 nitrogen and oxygen atoms in total. The number of amides is 1. The van der Waals surface area contributed by atoms with Crippen molar-refractivity contribution in [1.82, 2.24) is 19.3 Å². The van der Waals surface area contributed by atoms with Crippen molar-refractivity contribution in [3.63, 3.8) is 0 Å². The molecule has 4 heterocycles. The Morgan fingerprint density at radius 3 is 2.93 bits per heavy atom. The van der Waals surface area contributed by atoms with Crippen molar-refractivity contribution < 1.29 is 9.53 Å². The van der Waals surface area contributed by atoms with E-state index in [9.17, 15) is 9.59 Å². The van der Waals surface area contributed by atoms with Crippen LogP contribution in [-0.4, -0.2) is 44.4 Å². The predicted octanol–water partition coefficient (Wildman–Crippen LogP) is 1.91. The van der Waals surface area contributed by atoms with Gasteiger partial charge in [0.2, 0.25) is 0 Å². The summed E-state index contributed by atoms with van der Waals surface area (Å²) in [4.78, 5) is 35.7. The number of rotatable bonds is 4. The summed E-state index contributed by atoms with van der Waals surface area (Å²) in [5, 5.41) is 0. The van der Waals surface area contributed by atoms with Gasteiger partial charge in [0.1, 0.15) is 11.2 Å². The zero-order valence-electron chi connectivity index (χ0n) is 14.8. The van der Waals surface area contributed by atoms with Crippen LogP contribution in [0.15, 0.2) is 59.8 Å². The fourth-order valence-corrected chi connectivity index (χ4v) is 3.29. The van der Waals surface area contributed by atoms with Crippen LogP contribution in [0.5, 0.6) is 0 Å². The van der Waals surface area contributed by atoms with Crippen LogP contribution in [-0.2, 0) is 11.3 Å². The molecule has 0 unspecified atom stereocenters. The minimum Gasteiger partial charge on any atom is -0.370 e. The number of piperidine rings is 1. The van der Waals surface area contributed by atoms with Gasteiger partial charge in [-0.25, -0.2) is 4.98 Å². The number of pyridine rings is 2. The summed E-state index contributed by atoms with van der Waals surface area (Å²) >= 11 is 0. The van der Waals surface area contributed by atoms with Gasteiger partial charge in [0.15, 0.2) is 0 Å². The average Bonchev–Trinajstić information content (AvgIpc) is 2.73. The second kappa shape index (κ2) is 7.67. The topological polar surface area (TPSA) is 76.8 Å². The Bertz CT molecular complexity index is 1000. The summed E-state index contributed by atoms with van der Waals surface area (Å²) in [6, 6.07) is 11.0. The minimum atomic E-state index is -0.345. The summed E-state index contributed by atoms with van der Waals surface area (Å²) in [5.74, 6) is -0.295. The van der Waals surface area contributed by atoms with E-state index in [4.69, 9.17) is 4.74 Å². The van der Waals surface area contributed by atoms with E-state index in [1.807, 2.05) is 18.2 Å². The lowest BCUT2D eigenvalue weighted by atomic mass is 10.1. The van der Waals surface area contributed by atoms with E-state index in [0.717, 1.165) is 18.5 Å². The molecule has 7 heteroatoms. The van der Waals surface area contributed by atoms with Crippen LogP contribution in [0.2, 0.25) is 0 Å². The lowest BCUT2D eigenvalue weighted by molar-refractivity contribution is -0.00791. The molecular weight excluding hydrogens is 344 g/mol. The normalized spacial score (nSPS) is 17.2. The first kappa shape index (κ1) is 17.4. The fraction of sp³-hybridized carbons (Fsp3) is 0.300. The first-order valence-corrected chi connectivity index (χ1v) is 8.99. The van der Waals surface area contributed by atoms with Crippen LogP contribution in [0, 0.1) is 0 Å². The molecule has 3 aromatic rings. The maximum Gasteiger partial charge on any atom is 0.270 e. The predicted molar refractivity (Wildman–Crippen MR) is 99.4 cm³/mol. The number of aromatic nitrogens is 3. The molecule has 1 amide bonds. The average molecular weight is 364 g/mol. The largest absolute Gasteiger partial charge is 0.370 e. The highest BCUT2D eigenvalue weighted by Crippen LogP contribution is 2.16. The Labute approximate surface area is 156 Å². The van der Waals surface area contributed by atoms with E-state index in [-0.39, 0.29) is 23.1 Å². The SMILES string of the molecule is O=C(c1cnc2ccccn2c1=O)N1CCC[C@H](OCc2ccccn2)C1. The number of hydrogen-bond acceptors (Lipinski definition) is 5. The molecule has 1 atom stereocenters. The lowest BCUT2D eigenvalue weighted by Gasteiger charge is -2.32. The maximum absolute atomic E-state index is 12.9. The van der Waals surface area contributed by atoms with Crippen LogP contribution in [0.3, 0.4) is 0 Å². The Hall–Kier alpha value is -3.06. The van der Waals surface area contributed by atoms with Crippen molar-refractivity contribution in [3.8, 4) is 0 Å². The number of carbonyl (C=O) groups excluding carboxylic acids is 1. The molecule has 1 aliphatic heterocycles. The molecule has 1 aliphatic rings. The van der Waals surface area contributed by atoms with Crippen LogP contribution < -0.4 is 5.56 Å². The highest BCUT2D eigenvalue weighted by atomic mass is 16.5. The summed E-state index contributed by atoms with van der Waals surface area (Å²) < 4.78 is 7.33. The number of hydrogen-bond donors (Lipinski definition) is 0. The Morgan fingerprint density at radius 2 is 2.07 bits per heavy atom. The second-order valence-corrected chi connectivity index (χ2v) is 6.55. The Morgan fingerprint density at radius 1 is 1.19 bits per heavy atom. The van der Waals surface area contributed by atoms with Crippen molar-refractivity contribution >= 4 is 11.6 Å². The van der Waals surface area contributed by atoms with E-state index in [1.165, 1.54) is 10.6 Å². The monoisotopic (exact) mass is 364 g/mol. The van der Waals surface area contributed by atoms with E-state index < -0.39 is 0 Å². The quantitative estimate of drug-likeness (QED) is 0.707. The van der Waals surface area contributed by atoms with E-state index in [1.54, 1.807) is 35.5 Å². The van der Waals surface area contributed by atoms with Crippen molar-refractivity contribution in [1.29, 1.82) is 0 Å². The summed E-state index contributed by atoms with van der Waals surface area (Å²) in [5.41, 5.74) is 1.12. The Balaban J connectivity index is 1.47. The third kappa shape index (κ3) is 3.73. The third-order valence-corrected chi connectivity index (χ3v) is 4.70. The number of nitrogens with zero attached hydrogens (tertiary/aromatic N) is 4. The zero-order valence-corrected chi connectivity index (χ0v) is 14.8. The van der Waals surface area contributed by atoms with Gasteiger partial charge in [-0.2, -0.15) is 0 Å². The standard InChI is InChI=1S/C20H20N4O3/c25-19(17-12-22-18-8-2-4-11-24(18)20(17)26)23-10-5-7-16(13-23)27-14-15-6-1-3-9-21-15/h1-4,6,8-9,11-12,16H,5,7,10,13-14H2/t16-/m0/s1. The zero-order chi connectivity index (χ0) is 18.6. The van der Waals surface area contributed by atoms with Gasteiger partial charge in [-0.05, 0) is 37.1 Å². The second-order valence-electron chi connectivity index (χ2n) is 6.55. The molecule has 0 aromatic carbocycles. The molecule has 0 N–H and O–H groups in total. The van der Waals surface area contributed by atoms with Crippen molar-refractivity contribution in [2.75, 3.05) is 13.1 Å². The molecule has 0 radical (unpaired) electrons. The minimum absolute atomic E-state index is 0.0686. The molecule has 138 valence electrons. The Kier molecular flexibility index (Phi) is 4.93. The molecule has 0 saturated carbocycles. The smallest absolute Gasteiger partial charge is 0.270 e. The van der Waals surface area contributed by atoms with Crippen molar-refractivity contribution in [3.05, 3.63) is 76.6 Å². The van der Waals surface area contributed by atoms with Crippen LogP contribution >= 0.6 is 0 Å². The van der Waals surface area contributed by atoms with Gasteiger partial charge in [0.05, 0.1) is 18.4 Å². The van der Waals surface area contributed by atoms with Crippen LogP contribution in [0.4, 0.5) is 0 Å². The first-order chi connectivity index (χ1) is 13.2. The van der Waals surface area contributed by atoms with Gasteiger partial charge in [0, 0.05) is 31.7 Å². The van der Waals surface area contributed by atoms with E-state index in [2.05, 4.69) is 9.97 Å². The van der Waals surface area contributed by atoms with Gasteiger partial charge in [-0.15, -0.1) is 0 Å². The van der Waals surface area contributed by atoms with Crippen molar-refractivity contribution in [2.45, 2.75) is 25.6 Å². The molecule has 3 aromatic heterocycles. The maximum atomic E-state index is 12.9. The summed E-state index contributed by atoms with van der Waals surface area (Å²) in [6.07, 6.45) is 6.37. The molecule has 1 saturated heterocycles. The molecule has 1 fully saturated rings. The van der Waals surface area contributed by atoms with Gasteiger partial charge in [0.25, 0.3) is 11.5 Å². The molecule has 27 heavy (non-hydrogen) atoms. The summed E-state index contributed by atoms with van der Waals surface area (Å²) in [7, 11) is 0. The molecule has 0 spiro atoms. The van der Waals surface area contributed by atoms with Crippen LogP contribution in [0.25, 0.3) is 5.65 Å². The van der Waals surface area contributed by atoms with E-state index >= 15 is 0 Å².